The van der Waals surface area contributed by atoms with Gasteiger partial charge >= 0.3 is 6.09 Å². The number of rotatable bonds is 5. The summed E-state index contributed by atoms with van der Waals surface area (Å²) >= 11 is 0. The minimum atomic E-state index is -1.19. The second-order valence-corrected chi connectivity index (χ2v) is 7.27. The zero-order valence-corrected chi connectivity index (χ0v) is 17.8. The van der Waals surface area contributed by atoms with E-state index in [1.54, 1.807) is 18.2 Å². The minimum absolute atomic E-state index is 0.00272. The molecule has 4 rings (SSSR count). The molecule has 8 nitrogen and oxygen atoms in total. The molecule has 0 aliphatic heterocycles. The number of carboxylic acid groups (broad SMARTS) is 1. The summed E-state index contributed by atoms with van der Waals surface area (Å²) in [6.45, 7) is 0. The molecule has 3 N–H and O–H groups in total. The smallest absolute Gasteiger partial charge is 0.413 e. The van der Waals surface area contributed by atoms with Crippen LogP contribution in [0.15, 0.2) is 60.7 Å². The molecule has 1 aromatic heterocycles. The number of aromatic nitrogens is 2. The molecule has 0 fully saturated rings. The summed E-state index contributed by atoms with van der Waals surface area (Å²) < 4.78 is 14.5. The van der Waals surface area contributed by atoms with E-state index in [0.717, 1.165) is 4.90 Å². The summed E-state index contributed by atoms with van der Waals surface area (Å²) in [7, 11) is 1.34. The summed E-state index contributed by atoms with van der Waals surface area (Å²) in [5, 5.41) is 11.6. The fourth-order valence-electron chi connectivity index (χ4n) is 3.35. The Balaban J connectivity index is 1.66. The van der Waals surface area contributed by atoms with Crippen molar-refractivity contribution < 1.29 is 23.9 Å². The molecule has 0 saturated carbocycles. The number of nitrogens with one attached hydrogen (secondary N) is 2. The van der Waals surface area contributed by atoms with Gasteiger partial charge in [0.15, 0.2) is 11.6 Å². The van der Waals surface area contributed by atoms with Gasteiger partial charge in [0.2, 0.25) is 5.95 Å². The summed E-state index contributed by atoms with van der Waals surface area (Å²) in [5.41, 5.74) is 1.23. The normalized spacial score (nSPS) is 10.5. The Morgan fingerprint density at radius 1 is 1.09 bits per heavy atom. The first-order valence-corrected chi connectivity index (χ1v) is 9.96. The lowest BCUT2D eigenvalue weighted by Crippen LogP contribution is -2.24. The van der Waals surface area contributed by atoms with Crippen LogP contribution < -0.4 is 10.2 Å². The van der Waals surface area contributed by atoms with E-state index in [2.05, 4.69) is 21.2 Å². The average molecular weight is 456 g/mol. The van der Waals surface area contributed by atoms with Crippen molar-refractivity contribution in [1.29, 1.82) is 0 Å². The van der Waals surface area contributed by atoms with E-state index in [1.807, 2.05) is 0 Å². The molecule has 0 aliphatic rings. The van der Waals surface area contributed by atoms with Gasteiger partial charge in [-0.1, -0.05) is 30.2 Å². The first kappa shape index (κ1) is 22.2. The number of H-pyrrole nitrogens is 1. The highest BCUT2D eigenvalue weighted by Crippen LogP contribution is 2.23. The fourth-order valence-corrected chi connectivity index (χ4v) is 3.35. The van der Waals surface area contributed by atoms with E-state index in [1.165, 1.54) is 49.5 Å². The number of carbonyl (C=O) groups is 3. The number of benzene rings is 3. The van der Waals surface area contributed by atoms with Gasteiger partial charge in [-0.05, 0) is 36.4 Å². The molecule has 2 amide bonds. The third-order valence-electron chi connectivity index (χ3n) is 5.15. The van der Waals surface area contributed by atoms with Gasteiger partial charge in [-0.25, -0.2) is 14.2 Å². The van der Waals surface area contributed by atoms with Gasteiger partial charge in [-0.3, -0.25) is 14.5 Å². The van der Waals surface area contributed by atoms with Crippen LogP contribution in [0.3, 0.4) is 0 Å². The molecule has 1 heterocycles. The summed E-state index contributed by atoms with van der Waals surface area (Å²) in [4.78, 5) is 45.3. The molecule has 4 aromatic rings. The number of terminal acetylenes is 1. The maximum Gasteiger partial charge on any atom is 0.413 e. The van der Waals surface area contributed by atoms with E-state index in [-0.39, 0.29) is 33.9 Å². The van der Waals surface area contributed by atoms with Gasteiger partial charge in [-0.15, -0.1) is 6.42 Å². The van der Waals surface area contributed by atoms with Crippen molar-refractivity contribution in [1.82, 2.24) is 9.97 Å². The number of aromatic amines is 1. The molecular weight excluding hydrogens is 439 g/mol. The summed E-state index contributed by atoms with van der Waals surface area (Å²) in [5.74, 6) is 0.437. The van der Waals surface area contributed by atoms with Crippen molar-refractivity contribution >= 4 is 40.5 Å². The Morgan fingerprint density at radius 3 is 2.53 bits per heavy atom. The van der Waals surface area contributed by atoms with Gasteiger partial charge in [0.25, 0.3) is 5.91 Å². The zero-order chi connectivity index (χ0) is 24.4. The van der Waals surface area contributed by atoms with E-state index in [0.29, 0.717) is 11.0 Å². The van der Waals surface area contributed by atoms with Crippen molar-refractivity contribution in [2.24, 2.45) is 0 Å². The Hall–Kier alpha value is -4.97. The highest BCUT2D eigenvalue weighted by Gasteiger charge is 2.21. The standard InChI is InChI=1S/C25H17FN4O4/c1-3-14-7-6-10-19(21(14)26)27-23(32)17-9-5-4-8-16(17)22(31)15-11-12-18-20(13-15)29-24(28-18)30(2)25(33)34/h1,4-13H,2H3,(H,27,32)(H,28,29)(H,33,34). The molecule has 0 radical (unpaired) electrons. The molecule has 0 aliphatic carbocycles. The maximum atomic E-state index is 14.5. The number of anilines is 2. The van der Waals surface area contributed by atoms with Crippen molar-refractivity contribution in [3.63, 3.8) is 0 Å². The zero-order valence-electron chi connectivity index (χ0n) is 17.8. The first-order valence-electron chi connectivity index (χ1n) is 9.96. The number of hydrogen-bond acceptors (Lipinski definition) is 4. The molecule has 34 heavy (non-hydrogen) atoms. The van der Waals surface area contributed by atoms with Gasteiger partial charge < -0.3 is 15.4 Å². The third-order valence-corrected chi connectivity index (χ3v) is 5.15. The molecule has 0 saturated heterocycles. The van der Waals surface area contributed by atoms with Crippen molar-refractivity contribution in [2.75, 3.05) is 17.3 Å². The van der Waals surface area contributed by atoms with Crippen molar-refractivity contribution in [3.05, 3.63) is 88.7 Å². The van der Waals surface area contributed by atoms with Crippen LogP contribution in [0.2, 0.25) is 0 Å². The highest BCUT2D eigenvalue weighted by atomic mass is 19.1. The Kier molecular flexibility index (Phi) is 5.80. The van der Waals surface area contributed by atoms with E-state index < -0.39 is 23.6 Å². The molecule has 168 valence electrons. The summed E-state index contributed by atoms with van der Waals surface area (Å²) in [6, 6.07) is 15.1. The minimum Gasteiger partial charge on any atom is -0.465 e. The number of nitrogens with zero attached hydrogens (tertiary/aromatic N) is 2. The summed E-state index contributed by atoms with van der Waals surface area (Å²) in [6.07, 6.45) is 4.08. The fraction of sp³-hybridized carbons (Fsp3) is 0.0400. The molecule has 0 spiro atoms. The molecule has 0 atom stereocenters. The average Bonchev–Trinajstić information content (AvgIpc) is 3.27. The molecule has 3 aromatic carbocycles. The molecular formula is C25H17FN4O4. The number of fused-ring (bicyclic) bond motifs is 1. The molecule has 0 unspecified atom stereocenters. The lowest BCUT2D eigenvalue weighted by Gasteiger charge is -2.11. The van der Waals surface area contributed by atoms with Gasteiger partial charge in [0, 0.05) is 18.2 Å². The number of carbonyl (C=O) groups excluding carboxylic acids is 2. The van der Waals surface area contributed by atoms with Crippen LogP contribution in [-0.2, 0) is 0 Å². The third kappa shape index (κ3) is 4.08. The number of hydrogen-bond donors (Lipinski definition) is 3. The second-order valence-electron chi connectivity index (χ2n) is 7.27. The second kappa shape index (κ2) is 8.88. The molecule has 0 bridgehead atoms. The number of imidazole rings is 1. The van der Waals surface area contributed by atoms with Crippen LogP contribution in [0.25, 0.3) is 11.0 Å². The van der Waals surface area contributed by atoms with Gasteiger partial charge in [0.05, 0.1) is 27.8 Å². The monoisotopic (exact) mass is 456 g/mol. The van der Waals surface area contributed by atoms with Crippen LogP contribution in [-0.4, -0.2) is 39.9 Å². The largest absolute Gasteiger partial charge is 0.465 e. The number of ketones is 1. The number of halogens is 1. The first-order chi connectivity index (χ1) is 16.3. The Morgan fingerprint density at radius 2 is 1.82 bits per heavy atom. The van der Waals surface area contributed by atoms with Crippen LogP contribution in [0.1, 0.15) is 31.8 Å². The lowest BCUT2D eigenvalue weighted by atomic mass is 9.97. The topological polar surface area (TPSA) is 115 Å². The lowest BCUT2D eigenvalue weighted by molar-refractivity contribution is 0.0996. The maximum absolute atomic E-state index is 14.5. The van der Waals surface area contributed by atoms with Crippen molar-refractivity contribution in [2.45, 2.75) is 0 Å². The van der Waals surface area contributed by atoms with Crippen LogP contribution in [0.4, 0.5) is 20.8 Å². The van der Waals surface area contributed by atoms with Crippen LogP contribution in [0, 0.1) is 18.2 Å². The predicted octanol–water partition coefficient (Wildman–Crippen LogP) is 4.28. The quantitative estimate of drug-likeness (QED) is 0.306. The van der Waals surface area contributed by atoms with Gasteiger partial charge in [0.1, 0.15) is 0 Å². The highest BCUT2D eigenvalue weighted by molar-refractivity contribution is 6.18. The number of amides is 2. The predicted molar refractivity (Wildman–Crippen MR) is 125 cm³/mol. The van der Waals surface area contributed by atoms with Crippen LogP contribution >= 0.6 is 0 Å². The van der Waals surface area contributed by atoms with Crippen LogP contribution in [0.5, 0.6) is 0 Å². The van der Waals surface area contributed by atoms with E-state index in [9.17, 15) is 18.8 Å². The Bertz CT molecular complexity index is 1500. The van der Waals surface area contributed by atoms with E-state index in [4.69, 9.17) is 11.5 Å². The SMILES string of the molecule is C#Cc1cccc(NC(=O)c2ccccc2C(=O)c2ccc3nc(N(C)C(=O)O)[nH]c3c2)c1F. The van der Waals surface area contributed by atoms with E-state index >= 15 is 0 Å². The van der Waals surface area contributed by atoms with Crippen molar-refractivity contribution in [3.8, 4) is 12.3 Å². The molecule has 9 heteroatoms. The Labute approximate surface area is 193 Å². The van der Waals surface area contributed by atoms with Gasteiger partial charge in [-0.2, -0.15) is 0 Å².